The summed E-state index contributed by atoms with van der Waals surface area (Å²) in [7, 11) is 1.83. The van der Waals surface area contributed by atoms with Crippen LogP contribution in [-0.2, 0) is 16.1 Å². The number of rotatable bonds is 6. The molecule has 0 aliphatic carbocycles. The van der Waals surface area contributed by atoms with Crippen LogP contribution in [-0.4, -0.2) is 48.6 Å². The van der Waals surface area contributed by atoms with E-state index in [2.05, 4.69) is 16.4 Å². The zero-order valence-corrected chi connectivity index (χ0v) is 12.2. The molecule has 1 fully saturated rings. The SMILES string of the molecule is CNC1COCC1C(=O)N(CCC#N)Cc1cccnc1. The van der Waals surface area contributed by atoms with Crippen LogP contribution >= 0.6 is 0 Å². The molecule has 2 rings (SSSR count). The molecular weight excluding hydrogens is 268 g/mol. The third-order valence-corrected chi connectivity index (χ3v) is 3.67. The quantitative estimate of drug-likeness (QED) is 0.827. The second-order valence-electron chi connectivity index (χ2n) is 5.07. The van der Waals surface area contributed by atoms with Gasteiger partial charge in [0.2, 0.25) is 5.91 Å². The van der Waals surface area contributed by atoms with E-state index < -0.39 is 0 Å². The number of hydrogen-bond acceptors (Lipinski definition) is 5. The van der Waals surface area contributed by atoms with Gasteiger partial charge in [0.1, 0.15) is 0 Å². The molecular formula is C15H20N4O2. The molecule has 0 spiro atoms. The molecule has 0 radical (unpaired) electrons. The van der Waals surface area contributed by atoms with E-state index in [4.69, 9.17) is 10.00 Å². The van der Waals surface area contributed by atoms with Crippen LogP contribution in [0.1, 0.15) is 12.0 Å². The van der Waals surface area contributed by atoms with Crippen molar-refractivity contribution >= 4 is 5.91 Å². The topological polar surface area (TPSA) is 78.2 Å². The Morgan fingerprint density at radius 1 is 1.62 bits per heavy atom. The summed E-state index contributed by atoms with van der Waals surface area (Å²) in [5.41, 5.74) is 0.962. The number of nitrogens with zero attached hydrogens (tertiary/aromatic N) is 3. The minimum absolute atomic E-state index is 0.0333. The van der Waals surface area contributed by atoms with Crippen molar-refractivity contribution in [2.75, 3.05) is 26.8 Å². The van der Waals surface area contributed by atoms with Crippen molar-refractivity contribution in [2.45, 2.75) is 19.0 Å². The van der Waals surface area contributed by atoms with E-state index in [1.807, 2.05) is 19.2 Å². The number of carbonyl (C=O) groups excluding carboxylic acids is 1. The summed E-state index contributed by atoms with van der Waals surface area (Å²) in [6.07, 6.45) is 3.77. The highest BCUT2D eigenvalue weighted by atomic mass is 16.5. The van der Waals surface area contributed by atoms with Crippen LogP contribution in [0.25, 0.3) is 0 Å². The standard InChI is InChI=1S/C15H20N4O2/c1-17-14-11-21-10-13(14)15(20)19(7-3-5-16)9-12-4-2-6-18-8-12/h2,4,6,8,13-14,17H,3,7,9-11H2,1H3. The minimum Gasteiger partial charge on any atom is -0.379 e. The van der Waals surface area contributed by atoms with Crippen LogP contribution in [0.5, 0.6) is 0 Å². The molecule has 6 heteroatoms. The Morgan fingerprint density at radius 3 is 3.14 bits per heavy atom. The third-order valence-electron chi connectivity index (χ3n) is 3.67. The molecule has 0 saturated carbocycles. The molecule has 6 nitrogen and oxygen atoms in total. The van der Waals surface area contributed by atoms with Gasteiger partial charge >= 0.3 is 0 Å². The Hall–Kier alpha value is -1.97. The Balaban J connectivity index is 2.08. The van der Waals surface area contributed by atoms with E-state index in [9.17, 15) is 4.79 Å². The molecule has 2 unspecified atom stereocenters. The first-order valence-corrected chi connectivity index (χ1v) is 7.06. The monoisotopic (exact) mass is 288 g/mol. The molecule has 1 aromatic rings. The zero-order valence-electron chi connectivity index (χ0n) is 12.2. The number of nitriles is 1. The fraction of sp³-hybridized carbons (Fsp3) is 0.533. The van der Waals surface area contributed by atoms with Crippen LogP contribution in [0.15, 0.2) is 24.5 Å². The summed E-state index contributed by atoms with van der Waals surface area (Å²) in [4.78, 5) is 18.5. The molecule has 0 bridgehead atoms. The van der Waals surface area contributed by atoms with Crippen molar-refractivity contribution in [1.82, 2.24) is 15.2 Å². The predicted octanol–water partition coefficient (Wildman–Crippen LogP) is 0.558. The maximum absolute atomic E-state index is 12.7. The van der Waals surface area contributed by atoms with Gasteiger partial charge in [0.25, 0.3) is 0 Å². The Labute approximate surface area is 124 Å². The van der Waals surface area contributed by atoms with Gasteiger partial charge in [-0.15, -0.1) is 0 Å². The fourth-order valence-electron chi connectivity index (χ4n) is 2.48. The van der Waals surface area contributed by atoms with Gasteiger partial charge in [-0.25, -0.2) is 0 Å². The van der Waals surface area contributed by atoms with Gasteiger partial charge < -0.3 is 15.0 Å². The average Bonchev–Trinajstić information content (AvgIpc) is 3.00. The van der Waals surface area contributed by atoms with Crippen molar-refractivity contribution in [2.24, 2.45) is 5.92 Å². The first kappa shape index (κ1) is 15.4. The highest BCUT2D eigenvalue weighted by molar-refractivity contribution is 5.80. The summed E-state index contributed by atoms with van der Waals surface area (Å²) in [5, 5.41) is 11.9. The number of nitrogens with one attached hydrogen (secondary N) is 1. The molecule has 1 amide bonds. The number of aromatic nitrogens is 1. The molecule has 1 aliphatic heterocycles. The van der Waals surface area contributed by atoms with Crippen LogP contribution in [0, 0.1) is 17.2 Å². The predicted molar refractivity (Wildman–Crippen MR) is 77.0 cm³/mol. The highest BCUT2D eigenvalue weighted by Gasteiger charge is 2.35. The molecule has 1 aliphatic rings. The second-order valence-corrected chi connectivity index (χ2v) is 5.07. The minimum atomic E-state index is -0.189. The largest absolute Gasteiger partial charge is 0.379 e. The first-order valence-electron chi connectivity index (χ1n) is 7.06. The van der Waals surface area contributed by atoms with Gasteiger partial charge in [-0.1, -0.05) is 6.07 Å². The van der Waals surface area contributed by atoms with Gasteiger partial charge in [-0.3, -0.25) is 9.78 Å². The Bertz CT molecular complexity index is 500. The van der Waals surface area contributed by atoms with Gasteiger partial charge in [0.05, 0.1) is 31.6 Å². The molecule has 1 N–H and O–H groups in total. The van der Waals surface area contributed by atoms with Crippen molar-refractivity contribution in [3.63, 3.8) is 0 Å². The highest BCUT2D eigenvalue weighted by Crippen LogP contribution is 2.18. The lowest BCUT2D eigenvalue weighted by Gasteiger charge is -2.26. The Morgan fingerprint density at radius 2 is 2.48 bits per heavy atom. The van der Waals surface area contributed by atoms with Crippen molar-refractivity contribution in [1.29, 1.82) is 5.26 Å². The first-order chi connectivity index (χ1) is 10.3. The van der Waals surface area contributed by atoms with E-state index in [-0.39, 0.29) is 17.9 Å². The van der Waals surface area contributed by atoms with Crippen molar-refractivity contribution < 1.29 is 9.53 Å². The van der Waals surface area contributed by atoms with Crippen LogP contribution < -0.4 is 5.32 Å². The molecule has 1 aromatic heterocycles. The second kappa shape index (κ2) is 7.72. The van der Waals surface area contributed by atoms with Crippen LogP contribution in [0.4, 0.5) is 0 Å². The summed E-state index contributed by atoms with van der Waals surface area (Å²) < 4.78 is 5.40. The maximum Gasteiger partial charge on any atom is 0.230 e. The van der Waals surface area contributed by atoms with E-state index in [0.717, 1.165) is 5.56 Å². The molecule has 2 heterocycles. The van der Waals surface area contributed by atoms with E-state index in [0.29, 0.717) is 32.7 Å². The van der Waals surface area contributed by atoms with Crippen molar-refractivity contribution in [3.05, 3.63) is 30.1 Å². The van der Waals surface area contributed by atoms with E-state index in [1.165, 1.54) is 0 Å². The smallest absolute Gasteiger partial charge is 0.230 e. The lowest BCUT2D eigenvalue weighted by molar-refractivity contribution is -0.136. The van der Waals surface area contributed by atoms with Crippen LogP contribution in [0.2, 0.25) is 0 Å². The lowest BCUT2D eigenvalue weighted by Crippen LogP contribution is -2.44. The number of likely N-dealkylation sites (N-methyl/N-ethyl adjacent to an activating group) is 1. The van der Waals surface area contributed by atoms with E-state index >= 15 is 0 Å². The van der Waals surface area contributed by atoms with Gasteiger partial charge in [-0.05, 0) is 18.7 Å². The summed E-state index contributed by atoms with van der Waals surface area (Å²) in [5.74, 6) is -0.156. The number of pyridine rings is 1. The van der Waals surface area contributed by atoms with Gasteiger partial charge in [-0.2, -0.15) is 5.26 Å². The number of hydrogen-bond donors (Lipinski definition) is 1. The fourth-order valence-corrected chi connectivity index (χ4v) is 2.48. The Kier molecular flexibility index (Phi) is 5.67. The summed E-state index contributed by atoms with van der Waals surface area (Å²) in [6, 6.07) is 5.91. The lowest BCUT2D eigenvalue weighted by atomic mass is 10.0. The van der Waals surface area contributed by atoms with Crippen LogP contribution in [0.3, 0.4) is 0 Å². The number of ether oxygens (including phenoxy) is 1. The molecule has 21 heavy (non-hydrogen) atoms. The normalized spacial score (nSPS) is 21.0. The molecule has 1 saturated heterocycles. The molecule has 112 valence electrons. The zero-order chi connectivity index (χ0) is 15.1. The molecule has 0 aromatic carbocycles. The number of amides is 1. The summed E-state index contributed by atoms with van der Waals surface area (Å²) >= 11 is 0. The molecule has 2 atom stereocenters. The van der Waals surface area contributed by atoms with Crippen molar-refractivity contribution in [3.8, 4) is 6.07 Å². The number of carbonyl (C=O) groups is 1. The summed E-state index contributed by atoms with van der Waals surface area (Å²) in [6.45, 7) is 1.88. The third kappa shape index (κ3) is 4.00. The van der Waals surface area contributed by atoms with Gasteiger partial charge in [0.15, 0.2) is 0 Å². The average molecular weight is 288 g/mol. The van der Waals surface area contributed by atoms with E-state index in [1.54, 1.807) is 17.3 Å². The maximum atomic E-state index is 12.7. The van der Waals surface area contributed by atoms with Gasteiger partial charge in [0, 0.05) is 31.5 Å².